The number of carbonyl (C=O) groups is 1. The fourth-order valence-electron chi connectivity index (χ4n) is 0.515. The Bertz CT molecular complexity index is 204. The number of rotatable bonds is 5. The molecule has 0 aromatic heterocycles. The van der Waals surface area contributed by atoms with Crippen molar-refractivity contribution >= 4 is 5.97 Å². The molecule has 0 bridgehead atoms. The number of ether oxygens (including phenoxy) is 1. The summed E-state index contributed by atoms with van der Waals surface area (Å²) in [5.41, 5.74) is 0.308. The minimum atomic E-state index is -0.465. The van der Waals surface area contributed by atoms with E-state index in [1.54, 1.807) is 0 Å². The minimum absolute atomic E-state index is 0.181. The fraction of sp³-hybridized carbons (Fsp3) is 0.222. The smallest absolute Gasteiger partial charge is 0.334 e. The van der Waals surface area contributed by atoms with Gasteiger partial charge in [-0.15, -0.1) is 0 Å². The summed E-state index contributed by atoms with van der Waals surface area (Å²) in [5.74, 6) is -0.465. The number of hydrogen-bond donors (Lipinski definition) is 1. The van der Waals surface area contributed by atoms with Crippen molar-refractivity contribution in [2.24, 2.45) is 0 Å². The van der Waals surface area contributed by atoms with Crippen LogP contribution in [-0.4, -0.2) is 17.7 Å². The first-order chi connectivity index (χ1) is 5.72. The summed E-state index contributed by atoms with van der Waals surface area (Å²) in [5, 5.41) is 8.28. The highest BCUT2D eigenvalue weighted by molar-refractivity contribution is 5.88. The van der Waals surface area contributed by atoms with Gasteiger partial charge in [-0.3, -0.25) is 0 Å². The Kier molecular flexibility index (Phi) is 5.43. The van der Waals surface area contributed by atoms with Crippen LogP contribution >= 0.6 is 0 Å². The molecule has 0 fully saturated rings. The highest BCUT2D eigenvalue weighted by Crippen LogP contribution is 2.01. The Hall–Kier alpha value is -1.51. The van der Waals surface area contributed by atoms with Gasteiger partial charge in [-0.2, -0.15) is 0 Å². The standard InChI is InChI=1S/C9H12O3/c1-3-7-12-9(11)8(2)5-4-6-10/h3-4,6,10H,1-2,5,7H2. The van der Waals surface area contributed by atoms with E-state index in [9.17, 15) is 4.79 Å². The highest BCUT2D eigenvalue weighted by Gasteiger charge is 2.04. The van der Waals surface area contributed by atoms with Gasteiger partial charge in [-0.25, -0.2) is 4.79 Å². The maximum atomic E-state index is 10.9. The average Bonchev–Trinajstić information content (AvgIpc) is 2.10. The van der Waals surface area contributed by atoms with Crippen molar-refractivity contribution in [2.75, 3.05) is 6.61 Å². The van der Waals surface area contributed by atoms with Crippen LogP contribution in [0.2, 0.25) is 0 Å². The molecule has 3 heteroatoms. The van der Waals surface area contributed by atoms with E-state index in [2.05, 4.69) is 17.9 Å². The van der Waals surface area contributed by atoms with Crippen LogP contribution in [0.3, 0.4) is 0 Å². The second-order valence-corrected chi connectivity index (χ2v) is 2.08. The maximum Gasteiger partial charge on any atom is 0.334 e. The molecule has 66 valence electrons. The topological polar surface area (TPSA) is 46.5 Å². The van der Waals surface area contributed by atoms with Crippen LogP contribution in [0.4, 0.5) is 0 Å². The van der Waals surface area contributed by atoms with E-state index >= 15 is 0 Å². The van der Waals surface area contributed by atoms with Crippen LogP contribution in [0.5, 0.6) is 0 Å². The van der Waals surface area contributed by atoms with E-state index in [1.165, 1.54) is 12.2 Å². The Labute approximate surface area is 71.7 Å². The second-order valence-electron chi connectivity index (χ2n) is 2.08. The monoisotopic (exact) mass is 168 g/mol. The summed E-state index contributed by atoms with van der Waals surface area (Å²) < 4.78 is 4.68. The predicted octanol–water partition coefficient (Wildman–Crippen LogP) is 1.73. The van der Waals surface area contributed by atoms with Crippen molar-refractivity contribution < 1.29 is 14.6 Å². The molecule has 0 saturated heterocycles. The summed E-state index contributed by atoms with van der Waals surface area (Å²) in [6.45, 7) is 7.05. The number of aliphatic hydroxyl groups excluding tert-OH is 1. The van der Waals surface area contributed by atoms with Gasteiger partial charge >= 0.3 is 5.97 Å². The van der Waals surface area contributed by atoms with Crippen molar-refractivity contribution in [3.63, 3.8) is 0 Å². The van der Waals surface area contributed by atoms with E-state index < -0.39 is 5.97 Å². The zero-order valence-corrected chi connectivity index (χ0v) is 6.82. The molecule has 0 radical (unpaired) electrons. The molecule has 0 heterocycles. The summed E-state index contributed by atoms with van der Waals surface area (Å²) in [7, 11) is 0. The van der Waals surface area contributed by atoms with Gasteiger partial charge in [0.05, 0.1) is 6.26 Å². The van der Waals surface area contributed by atoms with Crippen molar-refractivity contribution in [2.45, 2.75) is 6.42 Å². The van der Waals surface area contributed by atoms with E-state index in [-0.39, 0.29) is 6.61 Å². The summed E-state index contributed by atoms with van der Waals surface area (Å²) in [6.07, 6.45) is 4.06. The number of allylic oxidation sites excluding steroid dienone is 1. The van der Waals surface area contributed by atoms with E-state index in [0.717, 1.165) is 6.26 Å². The molecule has 0 rings (SSSR count). The number of esters is 1. The number of aliphatic hydroxyl groups is 1. The molecule has 1 N–H and O–H groups in total. The first-order valence-electron chi connectivity index (χ1n) is 3.47. The average molecular weight is 168 g/mol. The third-order valence-electron chi connectivity index (χ3n) is 1.09. The third kappa shape index (κ3) is 4.33. The molecular formula is C9H12O3. The molecule has 0 aliphatic rings. The van der Waals surface area contributed by atoms with Crippen molar-refractivity contribution in [1.29, 1.82) is 0 Å². The van der Waals surface area contributed by atoms with Crippen molar-refractivity contribution in [3.8, 4) is 0 Å². The molecule has 0 saturated carbocycles. The lowest BCUT2D eigenvalue weighted by Gasteiger charge is -2.01. The first kappa shape index (κ1) is 10.5. The van der Waals surface area contributed by atoms with E-state index in [1.807, 2.05) is 0 Å². The molecule has 12 heavy (non-hydrogen) atoms. The van der Waals surface area contributed by atoms with E-state index in [0.29, 0.717) is 12.0 Å². The zero-order valence-electron chi connectivity index (χ0n) is 6.82. The highest BCUT2D eigenvalue weighted by atomic mass is 16.5. The predicted molar refractivity (Wildman–Crippen MR) is 46.7 cm³/mol. The Morgan fingerprint density at radius 1 is 1.58 bits per heavy atom. The molecule has 0 aliphatic carbocycles. The molecule has 0 atom stereocenters. The SMILES string of the molecule is C=CCOC(=O)C(=C)CC=CO. The largest absolute Gasteiger partial charge is 0.516 e. The zero-order chi connectivity index (χ0) is 9.40. The van der Waals surface area contributed by atoms with Crippen LogP contribution in [-0.2, 0) is 9.53 Å². The van der Waals surface area contributed by atoms with Crippen LogP contribution < -0.4 is 0 Å². The van der Waals surface area contributed by atoms with Crippen molar-refractivity contribution in [3.05, 3.63) is 37.1 Å². The quantitative estimate of drug-likeness (QED) is 0.294. The molecule has 0 amide bonds. The normalized spacial score (nSPS) is 9.67. The molecule has 3 nitrogen and oxygen atoms in total. The van der Waals surface area contributed by atoms with Gasteiger partial charge in [0.15, 0.2) is 0 Å². The second kappa shape index (κ2) is 6.22. The maximum absolute atomic E-state index is 10.9. The lowest BCUT2D eigenvalue weighted by Crippen LogP contribution is -2.06. The minimum Gasteiger partial charge on any atom is -0.516 e. The van der Waals surface area contributed by atoms with Crippen LogP contribution in [0.25, 0.3) is 0 Å². The molecule has 0 unspecified atom stereocenters. The van der Waals surface area contributed by atoms with Gasteiger partial charge in [-0.05, 0) is 6.08 Å². The lowest BCUT2D eigenvalue weighted by molar-refractivity contribution is -0.137. The fourth-order valence-corrected chi connectivity index (χ4v) is 0.515. The summed E-state index contributed by atoms with van der Waals surface area (Å²) in [4.78, 5) is 10.9. The van der Waals surface area contributed by atoms with Gasteiger partial charge in [0, 0.05) is 12.0 Å². The van der Waals surface area contributed by atoms with Gasteiger partial charge in [0.1, 0.15) is 6.61 Å². The van der Waals surface area contributed by atoms with E-state index in [4.69, 9.17) is 5.11 Å². The molecule has 0 aromatic carbocycles. The number of carbonyl (C=O) groups excluding carboxylic acids is 1. The Morgan fingerprint density at radius 3 is 2.75 bits per heavy atom. The van der Waals surface area contributed by atoms with Gasteiger partial charge in [0.2, 0.25) is 0 Å². The molecular weight excluding hydrogens is 156 g/mol. The van der Waals surface area contributed by atoms with Crippen LogP contribution in [0.15, 0.2) is 37.1 Å². The molecule has 0 aliphatic heterocycles. The lowest BCUT2D eigenvalue weighted by atomic mass is 10.2. The Balaban J connectivity index is 3.76. The van der Waals surface area contributed by atoms with Gasteiger partial charge < -0.3 is 9.84 Å². The molecule has 0 spiro atoms. The molecule has 0 aromatic rings. The van der Waals surface area contributed by atoms with Gasteiger partial charge in [-0.1, -0.05) is 19.2 Å². The third-order valence-corrected chi connectivity index (χ3v) is 1.09. The van der Waals surface area contributed by atoms with Crippen LogP contribution in [0.1, 0.15) is 6.42 Å². The Morgan fingerprint density at radius 2 is 2.25 bits per heavy atom. The first-order valence-corrected chi connectivity index (χ1v) is 3.47. The van der Waals surface area contributed by atoms with Crippen LogP contribution in [0, 0.1) is 0 Å². The summed E-state index contributed by atoms with van der Waals surface area (Å²) >= 11 is 0. The summed E-state index contributed by atoms with van der Waals surface area (Å²) in [6, 6.07) is 0. The number of hydrogen-bond acceptors (Lipinski definition) is 3. The van der Waals surface area contributed by atoms with Crippen molar-refractivity contribution in [1.82, 2.24) is 0 Å². The van der Waals surface area contributed by atoms with Gasteiger partial charge in [0.25, 0.3) is 0 Å².